The number of nitrogens with zero attached hydrogens (tertiary/aromatic N) is 1. The summed E-state index contributed by atoms with van der Waals surface area (Å²) in [5.74, 6) is -0.788. The van der Waals surface area contributed by atoms with Crippen LogP contribution >= 0.6 is 0 Å². The van der Waals surface area contributed by atoms with Gasteiger partial charge in [0.15, 0.2) is 6.20 Å². The number of imidazole rings is 1. The van der Waals surface area contributed by atoms with E-state index >= 15 is 0 Å². The molecule has 2 heterocycles. The summed E-state index contributed by atoms with van der Waals surface area (Å²) in [4.78, 5) is 14.3. The number of aromatic nitrogens is 3. The van der Waals surface area contributed by atoms with Crippen molar-refractivity contribution in [3.05, 3.63) is 24.2 Å². The molecule has 2 aromatic rings. The van der Waals surface area contributed by atoms with Gasteiger partial charge in [0.2, 0.25) is 0 Å². The monoisotopic (exact) mass is 206 g/mol. The first-order valence-electron chi connectivity index (χ1n) is 5.06. The number of hydrogen-bond acceptors (Lipinski definition) is 1. The first-order chi connectivity index (χ1) is 7.27. The molecule has 3 rings (SSSR count). The number of rotatable bonds is 3. The largest absolute Gasteiger partial charge is 0.481 e. The van der Waals surface area contributed by atoms with Crippen molar-refractivity contribution in [2.75, 3.05) is 0 Å². The molecule has 1 unspecified atom stereocenters. The van der Waals surface area contributed by atoms with Gasteiger partial charge in [0.05, 0.1) is 17.7 Å². The Morgan fingerprint density at radius 2 is 2.40 bits per heavy atom. The molecule has 15 heavy (non-hydrogen) atoms. The molecule has 2 aromatic heterocycles. The van der Waals surface area contributed by atoms with Gasteiger partial charge in [-0.1, -0.05) is 0 Å². The fourth-order valence-electron chi connectivity index (χ4n) is 2.13. The van der Waals surface area contributed by atoms with E-state index < -0.39 is 5.97 Å². The zero-order valence-corrected chi connectivity index (χ0v) is 8.10. The molecule has 1 aliphatic carbocycles. The quantitative estimate of drug-likeness (QED) is 0.645. The van der Waals surface area contributed by atoms with Gasteiger partial charge in [-0.05, 0) is 18.8 Å². The number of carboxylic acids is 1. The van der Waals surface area contributed by atoms with Crippen molar-refractivity contribution >= 4 is 11.6 Å². The van der Waals surface area contributed by atoms with E-state index in [9.17, 15) is 9.90 Å². The highest BCUT2D eigenvalue weighted by molar-refractivity contribution is 5.79. The molecule has 1 atom stereocenters. The van der Waals surface area contributed by atoms with Crippen molar-refractivity contribution < 1.29 is 14.4 Å². The van der Waals surface area contributed by atoms with E-state index in [0.29, 0.717) is 5.92 Å². The summed E-state index contributed by atoms with van der Waals surface area (Å²) < 4.78 is 1.80. The second-order valence-corrected chi connectivity index (χ2v) is 4.06. The number of carboxylic acid groups (broad SMARTS) is 1. The Kier molecular flexibility index (Phi) is 1.62. The number of hydrogen-bond donors (Lipinski definition) is 3. The van der Waals surface area contributed by atoms with Crippen LogP contribution < -0.4 is 4.52 Å². The summed E-state index contributed by atoms with van der Waals surface area (Å²) in [5, 5.41) is 12.2. The lowest BCUT2D eigenvalue weighted by molar-refractivity contribution is -0.575. The molecule has 0 aliphatic heterocycles. The maximum Gasteiger partial charge on any atom is 0.311 e. The average Bonchev–Trinajstić information content (AvgIpc) is 2.76. The minimum absolute atomic E-state index is 0.311. The third kappa shape index (κ3) is 1.23. The average molecular weight is 206 g/mol. The van der Waals surface area contributed by atoms with Crippen LogP contribution in [0.25, 0.3) is 5.65 Å². The Labute approximate surface area is 85.7 Å². The van der Waals surface area contributed by atoms with Gasteiger partial charge in [-0.15, -0.1) is 4.52 Å². The molecular weight excluding hydrogens is 194 g/mol. The minimum Gasteiger partial charge on any atom is -0.481 e. The van der Waals surface area contributed by atoms with Crippen molar-refractivity contribution in [2.24, 2.45) is 5.92 Å². The molecule has 0 spiro atoms. The van der Waals surface area contributed by atoms with Crippen molar-refractivity contribution in [1.82, 2.24) is 10.1 Å². The van der Waals surface area contributed by atoms with Crippen molar-refractivity contribution in [1.29, 1.82) is 0 Å². The lowest BCUT2D eigenvalue weighted by Crippen LogP contribution is -2.20. The number of aliphatic carboxylic acids is 1. The van der Waals surface area contributed by atoms with Gasteiger partial charge in [0.1, 0.15) is 6.20 Å². The molecule has 0 radical (unpaired) electrons. The van der Waals surface area contributed by atoms with E-state index in [0.717, 1.165) is 24.1 Å². The highest BCUT2D eigenvalue weighted by atomic mass is 16.4. The Morgan fingerprint density at radius 3 is 3.07 bits per heavy atom. The van der Waals surface area contributed by atoms with Crippen LogP contribution in [0.4, 0.5) is 0 Å². The lowest BCUT2D eigenvalue weighted by Gasteiger charge is -2.05. The first-order valence-corrected chi connectivity index (χ1v) is 5.06. The summed E-state index contributed by atoms with van der Waals surface area (Å²) in [6, 6.07) is 0. The van der Waals surface area contributed by atoms with Gasteiger partial charge in [0.25, 0.3) is 0 Å². The number of aromatic amines is 2. The molecule has 0 amide bonds. The fraction of sp³-hybridized carbons (Fsp3) is 0.400. The number of nitrogens with one attached hydrogen (secondary N) is 2. The van der Waals surface area contributed by atoms with Gasteiger partial charge in [0, 0.05) is 0 Å². The number of fused-ring (bicyclic) bond motifs is 1. The van der Waals surface area contributed by atoms with E-state index in [1.165, 1.54) is 0 Å². The molecule has 0 saturated heterocycles. The second-order valence-electron chi connectivity index (χ2n) is 4.06. The summed E-state index contributed by atoms with van der Waals surface area (Å²) >= 11 is 0. The van der Waals surface area contributed by atoms with E-state index in [1.807, 2.05) is 6.20 Å². The SMILES string of the molecule is O=C(O)C(c1c[nH][n+]2cc[nH]c12)C1CC1. The Balaban J connectivity index is 2.10. The third-order valence-corrected chi connectivity index (χ3v) is 3.01. The minimum atomic E-state index is -0.728. The van der Waals surface area contributed by atoms with E-state index in [-0.39, 0.29) is 5.92 Å². The summed E-state index contributed by atoms with van der Waals surface area (Å²) in [7, 11) is 0. The molecule has 3 N–H and O–H groups in total. The summed E-state index contributed by atoms with van der Waals surface area (Å²) in [5.41, 5.74) is 1.71. The van der Waals surface area contributed by atoms with Crippen LogP contribution in [0.5, 0.6) is 0 Å². The number of carbonyl (C=O) groups is 1. The Bertz CT molecular complexity index is 509. The van der Waals surface area contributed by atoms with Crippen molar-refractivity contribution in [3.8, 4) is 0 Å². The fourth-order valence-corrected chi connectivity index (χ4v) is 2.13. The molecule has 0 bridgehead atoms. The first kappa shape index (κ1) is 8.52. The van der Waals surface area contributed by atoms with Crippen molar-refractivity contribution in [3.63, 3.8) is 0 Å². The molecule has 78 valence electrons. The van der Waals surface area contributed by atoms with Gasteiger partial charge in [-0.2, -0.15) is 0 Å². The summed E-state index contributed by atoms with van der Waals surface area (Å²) in [6.45, 7) is 0. The highest BCUT2D eigenvalue weighted by Crippen LogP contribution is 2.43. The predicted molar refractivity (Wildman–Crippen MR) is 51.4 cm³/mol. The number of H-pyrrole nitrogens is 2. The van der Waals surface area contributed by atoms with Gasteiger partial charge >= 0.3 is 11.6 Å². The van der Waals surface area contributed by atoms with Crippen molar-refractivity contribution in [2.45, 2.75) is 18.8 Å². The topological polar surface area (TPSA) is 73.0 Å². The predicted octanol–water partition coefficient (Wildman–Crippen LogP) is 0.660. The maximum atomic E-state index is 11.2. The Hall–Kier alpha value is -1.78. The summed E-state index contributed by atoms with van der Waals surface area (Å²) in [6.07, 6.45) is 7.46. The second kappa shape index (κ2) is 2.85. The molecular formula is C10H12N3O2+. The van der Waals surface area contributed by atoms with Crippen LogP contribution in [0.15, 0.2) is 18.6 Å². The van der Waals surface area contributed by atoms with Gasteiger partial charge < -0.3 is 5.11 Å². The van der Waals surface area contributed by atoms with E-state index in [2.05, 4.69) is 10.1 Å². The molecule has 1 aliphatic rings. The molecule has 0 aromatic carbocycles. The molecule has 1 fully saturated rings. The standard InChI is InChI=1S/C10H11N3O2/c14-10(15)8(6-1-2-6)7-5-12-13-4-3-11-9(7)13/h3-6,8H,1-2H2,(H2,11,12,14,15)/p+1. The van der Waals surface area contributed by atoms with Crippen LogP contribution in [0.2, 0.25) is 0 Å². The van der Waals surface area contributed by atoms with Gasteiger partial charge in [-0.3, -0.25) is 4.79 Å². The molecule has 1 saturated carbocycles. The third-order valence-electron chi connectivity index (χ3n) is 3.01. The lowest BCUT2D eigenvalue weighted by atomic mass is 9.97. The van der Waals surface area contributed by atoms with Gasteiger partial charge in [-0.25, -0.2) is 10.1 Å². The zero-order chi connectivity index (χ0) is 10.4. The molecule has 5 nitrogen and oxygen atoms in total. The normalized spacial score (nSPS) is 18.1. The van der Waals surface area contributed by atoms with Crippen LogP contribution in [0, 0.1) is 5.92 Å². The Morgan fingerprint density at radius 1 is 1.60 bits per heavy atom. The van der Waals surface area contributed by atoms with Crippen LogP contribution in [0.3, 0.4) is 0 Å². The maximum absolute atomic E-state index is 11.2. The smallest absolute Gasteiger partial charge is 0.311 e. The highest BCUT2D eigenvalue weighted by Gasteiger charge is 2.40. The van der Waals surface area contributed by atoms with Crippen LogP contribution in [0.1, 0.15) is 24.3 Å². The van der Waals surface area contributed by atoms with Crippen LogP contribution in [-0.2, 0) is 4.79 Å². The molecule has 5 heteroatoms. The zero-order valence-electron chi connectivity index (χ0n) is 8.10. The van der Waals surface area contributed by atoms with E-state index in [1.54, 1.807) is 16.9 Å². The van der Waals surface area contributed by atoms with E-state index in [4.69, 9.17) is 0 Å². The van der Waals surface area contributed by atoms with Crippen LogP contribution in [-0.4, -0.2) is 21.2 Å².